The van der Waals surface area contributed by atoms with Gasteiger partial charge >= 0.3 is 0 Å². The van der Waals surface area contributed by atoms with E-state index in [2.05, 4.69) is 11.6 Å². The molecule has 0 atom stereocenters. The highest BCUT2D eigenvalue weighted by Crippen LogP contribution is 2.33. The van der Waals surface area contributed by atoms with Crippen LogP contribution in [0, 0.1) is 11.3 Å². The molecule has 0 saturated carbocycles. The summed E-state index contributed by atoms with van der Waals surface area (Å²) >= 11 is 0. The summed E-state index contributed by atoms with van der Waals surface area (Å²) in [6.07, 6.45) is 3.39. The summed E-state index contributed by atoms with van der Waals surface area (Å²) < 4.78 is 5.22. The first kappa shape index (κ1) is 14.8. The maximum absolute atomic E-state index is 12.5. The van der Waals surface area contributed by atoms with Crippen molar-refractivity contribution in [2.75, 3.05) is 13.7 Å². The topological polar surface area (TPSA) is 66.2 Å². The Morgan fingerprint density at radius 1 is 1.43 bits per heavy atom. The van der Waals surface area contributed by atoms with Crippen molar-refractivity contribution in [1.29, 1.82) is 5.26 Å². The lowest BCUT2D eigenvalue weighted by Crippen LogP contribution is -2.25. The molecule has 1 aromatic heterocycles. The van der Waals surface area contributed by atoms with Crippen molar-refractivity contribution in [3.05, 3.63) is 59.9 Å². The fourth-order valence-electron chi connectivity index (χ4n) is 2.73. The average Bonchev–Trinajstić information content (AvgIpc) is 2.91. The van der Waals surface area contributed by atoms with Crippen LogP contribution in [0.25, 0.3) is 11.1 Å². The van der Waals surface area contributed by atoms with E-state index in [0.29, 0.717) is 23.4 Å². The average molecular weight is 305 g/mol. The van der Waals surface area contributed by atoms with Gasteiger partial charge in [-0.15, -0.1) is 0 Å². The Hall–Kier alpha value is -3.13. The molecule has 0 aliphatic carbocycles. The number of benzene rings is 1. The van der Waals surface area contributed by atoms with Gasteiger partial charge in [-0.25, -0.2) is 0 Å². The molecule has 2 aromatic rings. The molecule has 3 rings (SSSR count). The number of rotatable bonds is 4. The monoisotopic (exact) mass is 305 g/mol. The predicted molar refractivity (Wildman–Crippen MR) is 85.7 cm³/mol. The summed E-state index contributed by atoms with van der Waals surface area (Å²) in [5.41, 5.74) is 3.83. The molecule has 0 radical (unpaired) electrons. The Morgan fingerprint density at radius 3 is 2.96 bits per heavy atom. The number of ether oxygens (including phenoxy) is 1. The van der Waals surface area contributed by atoms with E-state index in [0.717, 1.165) is 16.7 Å². The van der Waals surface area contributed by atoms with Gasteiger partial charge in [0.15, 0.2) is 0 Å². The molecule has 1 aromatic carbocycles. The summed E-state index contributed by atoms with van der Waals surface area (Å²) in [5.74, 6) is 0.591. The standard InChI is InChI=1S/C18H15N3O2/c1-12(7-19)10-21-11-17-15(4-3-5-16(17)18(21)22)13-6-14(23-2)9-20-8-13/h3-6,8-9H,1,10-11H2,2H3. The summed E-state index contributed by atoms with van der Waals surface area (Å²) in [6.45, 7) is 4.37. The number of aromatic nitrogens is 1. The van der Waals surface area contributed by atoms with E-state index in [9.17, 15) is 4.79 Å². The van der Waals surface area contributed by atoms with Crippen molar-refractivity contribution in [3.63, 3.8) is 0 Å². The third-order valence-electron chi connectivity index (χ3n) is 3.84. The number of carbonyl (C=O) groups is 1. The molecule has 0 spiro atoms. The number of nitriles is 1. The van der Waals surface area contributed by atoms with E-state index in [1.54, 1.807) is 24.4 Å². The van der Waals surface area contributed by atoms with Gasteiger partial charge in [0.2, 0.25) is 0 Å². The number of pyridine rings is 1. The van der Waals surface area contributed by atoms with Gasteiger partial charge in [0, 0.05) is 29.4 Å². The van der Waals surface area contributed by atoms with Crippen LogP contribution in [0.4, 0.5) is 0 Å². The van der Waals surface area contributed by atoms with Gasteiger partial charge in [0.25, 0.3) is 5.91 Å². The van der Waals surface area contributed by atoms with E-state index >= 15 is 0 Å². The third-order valence-corrected chi connectivity index (χ3v) is 3.84. The van der Waals surface area contributed by atoms with Crippen LogP contribution in [-0.4, -0.2) is 29.4 Å². The van der Waals surface area contributed by atoms with Gasteiger partial charge in [-0.2, -0.15) is 5.26 Å². The van der Waals surface area contributed by atoms with Crippen molar-refractivity contribution in [2.45, 2.75) is 6.54 Å². The molecule has 0 fully saturated rings. The molecule has 23 heavy (non-hydrogen) atoms. The number of fused-ring (bicyclic) bond motifs is 1. The normalized spacial score (nSPS) is 12.7. The fraction of sp³-hybridized carbons (Fsp3) is 0.167. The molecule has 114 valence electrons. The van der Waals surface area contributed by atoms with Crippen LogP contribution in [0.3, 0.4) is 0 Å². The lowest BCUT2D eigenvalue weighted by Gasteiger charge is -2.14. The first-order chi connectivity index (χ1) is 11.1. The minimum atomic E-state index is -0.0749. The lowest BCUT2D eigenvalue weighted by atomic mass is 9.98. The number of amides is 1. The zero-order chi connectivity index (χ0) is 16.4. The van der Waals surface area contributed by atoms with E-state index in [1.807, 2.05) is 30.3 Å². The molecule has 0 unspecified atom stereocenters. The van der Waals surface area contributed by atoms with E-state index in [-0.39, 0.29) is 12.5 Å². The first-order valence-corrected chi connectivity index (χ1v) is 7.12. The molecule has 5 heteroatoms. The molecule has 1 amide bonds. The molecular weight excluding hydrogens is 290 g/mol. The number of methoxy groups -OCH3 is 1. The molecule has 5 nitrogen and oxygen atoms in total. The highest BCUT2D eigenvalue weighted by atomic mass is 16.5. The maximum Gasteiger partial charge on any atom is 0.254 e. The number of carbonyl (C=O) groups excluding carboxylic acids is 1. The Balaban J connectivity index is 2.01. The summed E-state index contributed by atoms with van der Waals surface area (Å²) in [6, 6.07) is 9.51. The highest BCUT2D eigenvalue weighted by molar-refractivity contribution is 6.00. The smallest absolute Gasteiger partial charge is 0.254 e. The van der Waals surface area contributed by atoms with Crippen LogP contribution in [-0.2, 0) is 6.54 Å². The zero-order valence-electron chi connectivity index (χ0n) is 12.7. The molecule has 0 bridgehead atoms. The van der Waals surface area contributed by atoms with Crippen molar-refractivity contribution >= 4 is 5.91 Å². The van der Waals surface area contributed by atoms with Crippen LogP contribution in [0.1, 0.15) is 15.9 Å². The van der Waals surface area contributed by atoms with Gasteiger partial charge in [-0.05, 0) is 23.3 Å². The van der Waals surface area contributed by atoms with Crippen molar-refractivity contribution in [3.8, 4) is 22.9 Å². The zero-order valence-corrected chi connectivity index (χ0v) is 12.7. The first-order valence-electron chi connectivity index (χ1n) is 7.12. The van der Waals surface area contributed by atoms with E-state index < -0.39 is 0 Å². The quantitative estimate of drug-likeness (QED) is 0.815. The Bertz CT molecular complexity index is 836. The minimum Gasteiger partial charge on any atom is -0.495 e. The predicted octanol–water partition coefficient (Wildman–Crippen LogP) is 2.79. The second-order valence-electron chi connectivity index (χ2n) is 5.32. The number of hydrogen-bond acceptors (Lipinski definition) is 4. The van der Waals surface area contributed by atoms with Gasteiger partial charge < -0.3 is 9.64 Å². The Kier molecular flexibility index (Phi) is 3.82. The molecule has 2 heterocycles. The fourth-order valence-corrected chi connectivity index (χ4v) is 2.73. The number of hydrogen-bond donors (Lipinski definition) is 0. The highest BCUT2D eigenvalue weighted by Gasteiger charge is 2.29. The molecule has 0 N–H and O–H groups in total. The molecule has 0 saturated heterocycles. The summed E-state index contributed by atoms with van der Waals surface area (Å²) in [4.78, 5) is 18.3. The summed E-state index contributed by atoms with van der Waals surface area (Å²) in [5, 5.41) is 8.88. The van der Waals surface area contributed by atoms with Gasteiger partial charge in [0.1, 0.15) is 5.75 Å². The van der Waals surface area contributed by atoms with Crippen LogP contribution in [0.2, 0.25) is 0 Å². The van der Waals surface area contributed by atoms with Gasteiger partial charge in [-0.1, -0.05) is 18.7 Å². The SMILES string of the molecule is C=C(C#N)CN1Cc2c(cccc2-c2cncc(OC)c2)C1=O. The molecular formula is C18H15N3O2. The lowest BCUT2D eigenvalue weighted by molar-refractivity contribution is 0.0794. The van der Waals surface area contributed by atoms with Crippen molar-refractivity contribution < 1.29 is 9.53 Å². The Morgan fingerprint density at radius 2 is 2.22 bits per heavy atom. The van der Waals surface area contributed by atoms with Crippen LogP contribution in [0.5, 0.6) is 5.75 Å². The molecule has 1 aliphatic rings. The van der Waals surface area contributed by atoms with Gasteiger partial charge in [0.05, 0.1) is 25.9 Å². The minimum absolute atomic E-state index is 0.0749. The van der Waals surface area contributed by atoms with Crippen LogP contribution < -0.4 is 4.74 Å². The summed E-state index contributed by atoms with van der Waals surface area (Å²) in [7, 11) is 1.59. The Labute approximate surface area is 134 Å². The van der Waals surface area contributed by atoms with Gasteiger partial charge in [-0.3, -0.25) is 9.78 Å². The largest absolute Gasteiger partial charge is 0.495 e. The third kappa shape index (κ3) is 2.67. The van der Waals surface area contributed by atoms with E-state index in [1.165, 1.54) is 0 Å². The maximum atomic E-state index is 12.5. The van der Waals surface area contributed by atoms with Crippen LogP contribution >= 0.6 is 0 Å². The van der Waals surface area contributed by atoms with E-state index in [4.69, 9.17) is 10.00 Å². The van der Waals surface area contributed by atoms with Crippen molar-refractivity contribution in [1.82, 2.24) is 9.88 Å². The number of nitrogens with zero attached hydrogens (tertiary/aromatic N) is 3. The van der Waals surface area contributed by atoms with Crippen LogP contribution in [0.15, 0.2) is 48.8 Å². The second-order valence-corrected chi connectivity index (χ2v) is 5.32. The molecule has 1 aliphatic heterocycles. The second kappa shape index (κ2) is 5.93. The van der Waals surface area contributed by atoms with Crippen molar-refractivity contribution in [2.24, 2.45) is 0 Å².